The Morgan fingerprint density at radius 3 is 1.77 bits per heavy atom. The molecule has 0 aliphatic carbocycles. The molecule has 0 aliphatic rings. The van der Waals surface area contributed by atoms with Crippen molar-refractivity contribution in [3.05, 3.63) is 16.1 Å². The first-order chi connectivity index (χ1) is 10.3. The predicted molar refractivity (Wildman–Crippen MR) is 93.0 cm³/mol. The molecule has 130 valence electrons. The number of aromatic nitrogens is 1. The molecule has 0 aliphatic heterocycles. The Morgan fingerprint density at radius 1 is 1.14 bits per heavy atom. The maximum absolute atomic E-state index is 11.0. The number of methoxy groups -OCH3 is 2. The van der Waals surface area contributed by atoms with Gasteiger partial charge in [0.05, 0.1) is 12.7 Å². The van der Waals surface area contributed by atoms with Crippen LogP contribution in [0.5, 0.6) is 0 Å². The average Bonchev–Trinajstić information content (AvgIpc) is 2.91. The van der Waals surface area contributed by atoms with E-state index in [1.807, 2.05) is 48.5 Å². The summed E-state index contributed by atoms with van der Waals surface area (Å²) >= 11 is 0.978. The van der Waals surface area contributed by atoms with Crippen LogP contribution in [0.3, 0.4) is 0 Å². The van der Waals surface area contributed by atoms with E-state index >= 15 is 0 Å². The number of hydrogen-bond donors (Lipinski definition) is 0. The van der Waals surface area contributed by atoms with Gasteiger partial charge in [0.1, 0.15) is 10.6 Å². The number of carbonyl (C=O) groups is 2. The summed E-state index contributed by atoms with van der Waals surface area (Å²) in [5.41, 5.74) is 0.933. The summed E-state index contributed by atoms with van der Waals surface area (Å²) in [7, 11) is 3.00. The van der Waals surface area contributed by atoms with Gasteiger partial charge < -0.3 is 9.47 Å². The van der Waals surface area contributed by atoms with Crippen molar-refractivity contribution in [2.75, 3.05) is 14.2 Å². The van der Waals surface area contributed by atoms with Crippen molar-refractivity contribution in [2.45, 2.75) is 61.0 Å². The third-order valence-corrected chi connectivity index (χ3v) is 3.00. The first-order valence-corrected chi connectivity index (χ1v) is 8.09. The molecule has 0 bridgehead atoms. The molecule has 0 atom stereocenters. The number of esters is 1. The van der Waals surface area contributed by atoms with Crippen molar-refractivity contribution in [3.8, 4) is 0 Å². The van der Waals surface area contributed by atoms with E-state index in [0.29, 0.717) is 22.4 Å². The Balaban J connectivity index is -0.000000306. The third-order valence-electron chi connectivity index (χ3n) is 2.05. The van der Waals surface area contributed by atoms with Gasteiger partial charge in [-0.05, 0) is 39.2 Å². The van der Waals surface area contributed by atoms with Crippen LogP contribution in [-0.4, -0.2) is 36.4 Å². The maximum Gasteiger partial charge on any atom is 0.349 e. The highest BCUT2D eigenvalue weighted by Crippen LogP contribution is 2.17. The van der Waals surface area contributed by atoms with Crippen molar-refractivity contribution >= 4 is 23.8 Å². The summed E-state index contributed by atoms with van der Waals surface area (Å²) in [6.07, 6.45) is 0.623. The second kappa shape index (κ2) is 14.7. The second-order valence-corrected chi connectivity index (χ2v) is 5.22. The van der Waals surface area contributed by atoms with Crippen LogP contribution in [0.4, 0.5) is 0 Å². The molecular formula is C16H31NO4S. The molecule has 0 aromatic carbocycles. The Bertz CT molecular complexity index is 409. The summed E-state index contributed by atoms with van der Waals surface area (Å²) in [4.78, 5) is 21.7. The van der Waals surface area contributed by atoms with Crippen molar-refractivity contribution in [2.24, 2.45) is 0 Å². The van der Waals surface area contributed by atoms with Gasteiger partial charge in [-0.3, -0.25) is 4.79 Å². The molecular weight excluding hydrogens is 302 g/mol. The molecule has 0 saturated heterocycles. The van der Waals surface area contributed by atoms with Gasteiger partial charge in [0.25, 0.3) is 0 Å². The summed E-state index contributed by atoms with van der Waals surface area (Å²) in [5.74, 6) is -0.446. The van der Waals surface area contributed by atoms with Gasteiger partial charge in [0.15, 0.2) is 6.29 Å². The van der Waals surface area contributed by atoms with Crippen molar-refractivity contribution in [3.63, 3.8) is 0 Å². The fraction of sp³-hybridized carbons (Fsp3) is 0.688. The van der Waals surface area contributed by atoms with Crippen LogP contribution in [0, 0.1) is 6.92 Å². The summed E-state index contributed by atoms with van der Waals surface area (Å²) in [5, 5.41) is 0. The third kappa shape index (κ3) is 11.4. The lowest BCUT2D eigenvalue weighted by Gasteiger charge is -2.14. The van der Waals surface area contributed by atoms with Gasteiger partial charge in [-0.1, -0.05) is 27.7 Å². The van der Waals surface area contributed by atoms with Gasteiger partial charge >= 0.3 is 5.97 Å². The Hall–Kier alpha value is -1.27. The number of hydrogen-bond acceptors (Lipinski definition) is 6. The highest BCUT2D eigenvalue weighted by Gasteiger charge is 2.15. The van der Waals surface area contributed by atoms with Gasteiger partial charge in [-0.25, -0.2) is 4.79 Å². The zero-order valence-electron chi connectivity index (χ0n) is 15.6. The molecule has 0 fully saturated rings. The molecule has 1 aromatic rings. The van der Waals surface area contributed by atoms with E-state index in [-0.39, 0.29) is 5.60 Å². The number of rotatable bonds is 2. The summed E-state index contributed by atoms with van der Waals surface area (Å²) in [6, 6.07) is 0. The number of carbonyl (C=O) groups excluding carboxylic acids is 2. The van der Waals surface area contributed by atoms with E-state index in [0.717, 1.165) is 11.5 Å². The highest BCUT2D eigenvalue weighted by molar-refractivity contribution is 7.08. The minimum atomic E-state index is -0.446. The number of ether oxygens (including phenoxy) is 2. The van der Waals surface area contributed by atoms with Gasteiger partial charge in [0, 0.05) is 12.7 Å². The lowest BCUT2D eigenvalue weighted by molar-refractivity contribution is 0.0397. The van der Waals surface area contributed by atoms with E-state index in [2.05, 4.69) is 9.11 Å². The van der Waals surface area contributed by atoms with Crippen LogP contribution < -0.4 is 0 Å². The van der Waals surface area contributed by atoms with E-state index in [1.165, 1.54) is 7.11 Å². The minimum Gasteiger partial charge on any atom is -0.465 e. The monoisotopic (exact) mass is 333 g/mol. The fourth-order valence-electron chi connectivity index (χ4n) is 0.741. The molecule has 0 unspecified atom stereocenters. The lowest BCUT2D eigenvalue weighted by atomic mass is 10.2. The van der Waals surface area contributed by atoms with Crippen LogP contribution in [-0.2, 0) is 9.47 Å². The van der Waals surface area contributed by atoms with Crippen molar-refractivity contribution in [1.29, 1.82) is 0 Å². The van der Waals surface area contributed by atoms with Crippen LogP contribution in [0.25, 0.3) is 0 Å². The second-order valence-electron chi connectivity index (χ2n) is 4.45. The van der Waals surface area contributed by atoms with Crippen molar-refractivity contribution < 1.29 is 19.1 Å². The zero-order valence-corrected chi connectivity index (χ0v) is 16.4. The Morgan fingerprint density at radius 2 is 1.55 bits per heavy atom. The van der Waals surface area contributed by atoms with Gasteiger partial charge in [-0.15, -0.1) is 0 Å². The Kier molecular flexibility index (Phi) is 17.1. The zero-order chi connectivity index (χ0) is 18.3. The van der Waals surface area contributed by atoms with E-state index in [1.54, 1.807) is 14.0 Å². The first-order valence-electron chi connectivity index (χ1n) is 7.31. The number of aldehydes is 1. The highest BCUT2D eigenvalue weighted by atomic mass is 32.1. The minimum absolute atomic E-state index is 0.0417. The van der Waals surface area contributed by atoms with Gasteiger partial charge in [0.2, 0.25) is 0 Å². The molecule has 1 heterocycles. The number of nitrogens with zero attached hydrogens (tertiary/aromatic N) is 1. The molecule has 5 nitrogen and oxygen atoms in total. The summed E-state index contributed by atoms with van der Waals surface area (Å²) < 4.78 is 13.2. The Labute approximate surface area is 139 Å². The summed E-state index contributed by atoms with van der Waals surface area (Å²) in [6.45, 7) is 15.7. The average molecular weight is 333 g/mol. The lowest BCUT2D eigenvalue weighted by Crippen LogP contribution is -2.15. The molecule has 0 amide bonds. The molecule has 0 radical (unpaired) electrons. The standard InChI is InChI=1S/C7H7NO3S.C5H12O.2C2H6/c1-4-5(3-9)8-12-6(4)7(10)11-2;1-5(2,3)6-4;2*1-2/h3H,1-2H3;1-4H3;2*1-2H3. The van der Waals surface area contributed by atoms with E-state index in [4.69, 9.17) is 4.74 Å². The topological polar surface area (TPSA) is 65.5 Å². The van der Waals surface area contributed by atoms with Crippen LogP contribution in [0.1, 0.15) is 74.2 Å². The molecule has 0 saturated carbocycles. The van der Waals surface area contributed by atoms with Crippen LogP contribution in [0.15, 0.2) is 0 Å². The smallest absolute Gasteiger partial charge is 0.349 e. The quantitative estimate of drug-likeness (QED) is 0.587. The van der Waals surface area contributed by atoms with Crippen LogP contribution in [0.2, 0.25) is 0 Å². The normalized spacial score (nSPS) is 9.00. The van der Waals surface area contributed by atoms with Gasteiger partial charge in [-0.2, -0.15) is 4.37 Å². The SMILES string of the molecule is CC.CC.COC(=O)c1snc(C=O)c1C.COC(C)(C)C. The molecule has 6 heteroatoms. The molecule has 0 N–H and O–H groups in total. The molecule has 22 heavy (non-hydrogen) atoms. The van der Waals surface area contributed by atoms with Crippen LogP contribution >= 0.6 is 11.5 Å². The predicted octanol–water partition coefficient (Wildman–Crippen LogP) is 4.53. The van der Waals surface area contributed by atoms with Crippen molar-refractivity contribution in [1.82, 2.24) is 4.37 Å². The molecule has 1 aromatic heterocycles. The first kappa shape index (κ1) is 25.7. The van der Waals surface area contributed by atoms with E-state index in [9.17, 15) is 9.59 Å². The largest absolute Gasteiger partial charge is 0.465 e. The molecule has 0 spiro atoms. The fourth-order valence-corrected chi connectivity index (χ4v) is 1.51. The van der Waals surface area contributed by atoms with E-state index < -0.39 is 5.97 Å². The molecule has 1 rings (SSSR count). The maximum atomic E-state index is 11.0.